The summed E-state index contributed by atoms with van der Waals surface area (Å²) in [6, 6.07) is 0. The lowest BCUT2D eigenvalue weighted by molar-refractivity contribution is -0.103. The molecule has 2 nitrogen and oxygen atoms in total. The summed E-state index contributed by atoms with van der Waals surface area (Å²) in [7, 11) is 0. The minimum Gasteiger partial charge on any atom is -0.304 e. The Balaban J connectivity index is 2.21. The highest BCUT2D eigenvalue weighted by Gasteiger charge is 2.16. The fourth-order valence-corrected chi connectivity index (χ4v) is 1.75. The normalized spacial score (nSPS) is 19.2. The first kappa shape index (κ1) is 10.3. The second-order valence-electron chi connectivity index (χ2n) is 3.52. The maximum atomic E-state index is 9.96. The van der Waals surface area contributed by atoms with Gasteiger partial charge in [0.15, 0.2) is 6.29 Å². The standard InChI is InChI=1S/C11H17NO/c1-2-12-8-6-11(7-9-12)5-3-4-10-13/h10-11H,2,5-9H2,1H3. The molecule has 1 heterocycles. The minimum atomic E-state index is 0.682. The first-order valence-corrected chi connectivity index (χ1v) is 5.01. The van der Waals surface area contributed by atoms with Crippen molar-refractivity contribution in [2.24, 2.45) is 5.92 Å². The predicted molar refractivity (Wildman–Crippen MR) is 53.3 cm³/mol. The lowest BCUT2D eigenvalue weighted by Crippen LogP contribution is -2.33. The number of carbonyl (C=O) groups is 1. The molecular weight excluding hydrogens is 162 g/mol. The van der Waals surface area contributed by atoms with E-state index in [2.05, 4.69) is 23.7 Å². The van der Waals surface area contributed by atoms with E-state index in [1.165, 1.54) is 25.9 Å². The maximum absolute atomic E-state index is 9.96. The van der Waals surface area contributed by atoms with Crippen LogP contribution >= 0.6 is 0 Å². The fraction of sp³-hybridized carbons (Fsp3) is 0.727. The Kier molecular flexibility index (Phi) is 4.56. The Morgan fingerprint density at radius 1 is 1.46 bits per heavy atom. The van der Waals surface area contributed by atoms with E-state index in [9.17, 15) is 4.79 Å². The molecule has 0 bridgehead atoms. The van der Waals surface area contributed by atoms with Crippen LogP contribution in [0.25, 0.3) is 0 Å². The molecule has 0 unspecified atom stereocenters. The average Bonchev–Trinajstić information content (AvgIpc) is 2.19. The van der Waals surface area contributed by atoms with E-state index in [4.69, 9.17) is 0 Å². The molecule has 72 valence electrons. The number of piperidine rings is 1. The highest BCUT2D eigenvalue weighted by Crippen LogP contribution is 2.19. The first-order chi connectivity index (χ1) is 6.36. The second kappa shape index (κ2) is 5.77. The van der Waals surface area contributed by atoms with Crippen LogP contribution in [0.5, 0.6) is 0 Å². The van der Waals surface area contributed by atoms with E-state index >= 15 is 0 Å². The third-order valence-corrected chi connectivity index (χ3v) is 2.71. The van der Waals surface area contributed by atoms with Crippen molar-refractivity contribution >= 4 is 6.29 Å². The van der Waals surface area contributed by atoms with Crippen molar-refractivity contribution in [2.45, 2.75) is 26.2 Å². The summed E-state index contributed by atoms with van der Waals surface area (Å²) in [6.07, 6.45) is 4.06. The molecule has 1 fully saturated rings. The maximum Gasteiger partial charge on any atom is 0.192 e. The molecular formula is C11H17NO. The highest BCUT2D eigenvalue weighted by atomic mass is 16.1. The molecule has 0 N–H and O–H groups in total. The Morgan fingerprint density at radius 2 is 2.15 bits per heavy atom. The Bertz CT molecular complexity index is 206. The number of carbonyl (C=O) groups excluding carboxylic acids is 1. The van der Waals surface area contributed by atoms with Gasteiger partial charge in [-0.25, -0.2) is 0 Å². The molecule has 0 aromatic carbocycles. The van der Waals surface area contributed by atoms with Crippen molar-refractivity contribution in [3.63, 3.8) is 0 Å². The van der Waals surface area contributed by atoms with Gasteiger partial charge in [0.2, 0.25) is 0 Å². The zero-order valence-corrected chi connectivity index (χ0v) is 8.25. The molecule has 0 amide bonds. The van der Waals surface area contributed by atoms with E-state index in [0.717, 1.165) is 18.9 Å². The zero-order valence-electron chi connectivity index (χ0n) is 8.25. The lowest BCUT2D eigenvalue weighted by atomic mass is 9.94. The average molecular weight is 179 g/mol. The third-order valence-electron chi connectivity index (χ3n) is 2.71. The Morgan fingerprint density at radius 3 is 2.69 bits per heavy atom. The van der Waals surface area contributed by atoms with Gasteiger partial charge in [0.05, 0.1) is 0 Å². The molecule has 13 heavy (non-hydrogen) atoms. The monoisotopic (exact) mass is 179 g/mol. The molecule has 2 heteroatoms. The van der Waals surface area contributed by atoms with E-state index in [0.29, 0.717) is 6.29 Å². The smallest absolute Gasteiger partial charge is 0.192 e. The number of likely N-dealkylation sites (tertiary alicyclic amines) is 1. The van der Waals surface area contributed by atoms with Crippen molar-refractivity contribution in [3.8, 4) is 11.8 Å². The molecule has 0 radical (unpaired) electrons. The fourth-order valence-electron chi connectivity index (χ4n) is 1.75. The van der Waals surface area contributed by atoms with Crippen LogP contribution < -0.4 is 0 Å². The van der Waals surface area contributed by atoms with Crippen LogP contribution in [0.15, 0.2) is 0 Å². The van der Waals surface area contributed by atoms with Gasteiger partial charge in [-0.1, -0.05) is 12.8 Å². The number of rotatable bonds is 2. The topological polar surface area (TPSA) is 20.3 Å². The minimum absolute atomic E-state index is 0.682. The molecule has 0 atom stereocenters. The summed E-state index contributed by atoms with van der Waals surface area (Å²) in [6.45, 7) is 5.76. The molecule has 0 saturated carbocycles. The van der Waals surface area contributed by atoms with Crippen molar-refractivity contribution in [1.82, 2.24) is 4.90 Å². The molecule has 1 aliphatic rings. The number of hydrogen-bond donors (Lipinski definition) is 0. The van der Waals surface area contributed by atoms with Gasteiger partial charge in [-0.15, -0.1) is 0 Å². The number of aldehydes is 1. The Hall–Kier alpha value is -0.810. The van der Waals surface area contributed by atoms with Gasteiger partial charge in [0, 0.05) is 6.42 Å². The lowest BCUT2D eigenvalue weighted by Gasteiger charge is -2.29. The van der Waals surface area contributed by atoms with Crippen LogP contribution in [0.2, 0.25) is 0 Å². The molecule has 0 aliphatic carbocycles. The number of hydrogen-bond acceptors (Lipinski definition) is 2. The van der Waals surface area contributed by atoms with Crippen LogP contribution in [0, 0.1) is 17.8 Å². The summed E-state index contributed by atoms with van der Waals surface area (Å²) in [5, 5.41) is 0. The molecule has 0 aromatic heterocycles. The number of nitrogens with zero attached hydrogens (tertiary/aromatic N) is 1. The van der Waals surface area contributed by atoms with Crippen molar-refractivity contribution in [2.75, 3.05) is 19.6 Å². The van der Waals surface area contributed by atoms with Crippen LogP contribution in [0.1, 0.15) is 26.2 Å². The summed E-state index contributed by atoms with van der Waals surface area (Å²) >= 11 is 0. The van der Waals surface area contributed by atoms with E-state index in [1.54, 1.807) is 0 Å². The van der Waals surface area contributed by atoms with Gasteiger partial charge in [-0.3, -0.25) is 4.79 Å². The SMILES string of the molecule is CCN1CCC(CC#CC=O)CC1. The van der Waals surface area contributed by atoms with Crippen molar-refractivity contribution in [3.05, 3.63) is 0 Å². The van der Waals surface area contributed by atoms with Crippen LogP contribution in [-0.2, 0) is 4.79 Å². The second-order valence-corrected chi connectivity index (χ2v) is 3.52. The van der Waals surface area contributed by atoms with Gasteiger partial charge in [0.25, 0.3) is 0 Å². The van der Waals surface area contributed by atoms with Crippen molar-refractivity contribution < 1.29 is 4.79 Å². The molecule has 1 aliphatic heterocycles. The van der Waals surface area contributed by atoms with Gasteiger partial charge >= 0.3 is 0 Å². The molecule has 0 spiro atoms. The molecule has 0 aromatic rings. The third kappa shape index (κ3) is 3.61. The van der Waals surface area contributed by atoms with Gasteiger partial charge in [-0.2, -0.15) is 0 Å². The van der Waals surface area contributed by atoms with Gasteiger partial charge < -0.3 is 4.90 Å². The quantitative estimate of drug-likeness (QED) is 0.470. The van der Waals surface area contributed by atoms with Crippen LogP contribution in [-0.4, -0.2) is 30.8 Å². The molecule has 1 saturated heterocycles. The van der Waals surface area contributed by atoms with E-state index in [1.807, 2.05) is 0 Å². The summed E-state index contributed by atoms with van der Waals surface area (Å²) in [5.41, 5.74) is 0. The predicted octanol–water partition coefficient (Wildman–Crippen LogP) is 1.31. The van der Waals surface area contributed by atoms with Gasteiger partial charge in [0.1, 0.15) is 0 Å². The zero-order chi connectivity index (χ0) is 9.52. The summed E-state index contributed by atoms with van der Waals surface area (Å²) in [5.74, 6) is 6.10. The van der Waals surface area contributed by atoms with E-state index < -0.39 is 0 Å². The summed E-state index contributed by atoms with van der Waals surface area (Å²) in [4.78, 5) is 12.4. The first-order valence-electron chi connectivity index (χ1n) is 5.01. The Labute approximate surface area is 80.3 Å². The van der Waals surface area contributed by atoms with E-state index in [-0.39, 0.29) is 0 Å². The van der Waals surface area contributed by atoms with Gasteiger partial charge in [-0.05, 0) is 44.3 Å². The van der Waals surface area contributed by atoms with Crippen LogP contribution in [0.3, 0.4) is 0 Å². The molecule has 1 rings (SSSR count). The van der Waals surface area contributed by atoms with Crippen molar-refractivity contribution in [1.29, 1.82) is 0 Å². The van der Waals surface area contributed by atoms with Crippen LogP contribution in [0.4, 0.5) is 0 Å². The summed E-state index contributed by atoms with van der Waals surface area (Å²) < 4.78 is 0. The highest BCUT2D eigenvalue weighted by molar-refractivity contribution is 5.72. The largest absolute Gasteiger partial charge is 0.304 e.